The molecule has 2 aromatic rings. The maximum atomic E-state index is 11.4. The van der Waals surface area contributed by atoms with E-state index in [1.165, 1.54) is 12.1 Å². The van der Waals surface area contributed by atoms with Gasteiger partial charge >= 0.3 is 7.25 Å². The molecule has 0 saturated carbocycles. The van der Waals surface area contributed by atoms with Gasteiger partial charge in [-0.3, -0.25) is 9.98 Å². The Bertz CT molecular complexity index is 669. The molecule has 0 spiro atoms. The molecule has 0 bridgehead atoms. The van der Waals surface area contributed by atoms with Crippen LogP contribution in [0.25, 0.3) is 0 Å². The molecule has 0 saturated heterocycles. The van der Waals surface area contributed by atoms with Gasteiger partial charge in [0.15, 0.2) is 0 Å². The Kier molecular flexibility index (Phi) is 13.8. The molecule has 0 aromatic heterocycles. The molecule has 0 unspecified atom stereocenters. The number of para-hydroxylation sites is 2. The van der Waals surface area contributed by atoms with Crippen LogP contribution in [0.4, 0.5) is 17.3 Å². The Balaban J connectivity index is 0. The van der Waals surface area contributed by atoms with Gasteiger partial charge in [0.1, 0.15) is 0 Å². The largest absolute Gasteiger partial charge is 2.00 e. The molecule has 2 rings (SSSR count). The Hall–Kier alpha value is -2.29. The Morgan fingerprint density at radius 1 is 0.741 bits per heavy atom. The van der Waals surface area contributed by atoms with Crippen LogP contribution < -0.4 is 10.2 Å². The fraction of sp³-hybridized carbons (Fsp3) is 0.125. The third-order valence-electron chi connectivity index (χ3n) is 2.66. The quantitative estimate of drug-likeness (QED) is 0.322. The van der Waals surface area contributed by atoms with Crippen molar-refractivity contribution >= 4 is 19.7 Å². The van der Waals surface area contributed by atoms with Crippen LogP contribution in [-0.4, -0.2) is 32.8 Å². The van der Waals surface area contributed by atoms with Crippen molar-refractivity contribution < 1.29 is 51.5 Å². The number of hydrogen-bond acceptors (Lipinski definition) is 4. The summed E-state index contributed by atoms with van der Waals surface area (Å²) in [6, 6.07) is 13.5. The van der Waals surface area contributed by atoms with Crippen LogP contribution in [0.5, 0.6) is 11.5 Å². The van der Waals surface area contributed by atoms with Crippen molar-refractivity contribution in [2.24, 2.45) is 9.98 Å². The van der Waals surface area contributed by atoms with E-state index in [-0.39, 0.29) is 35.5 Å². The van der Waals surface area contributed by atoms with Gasteiger partial charge in [0, 0.05) is 31.0 Å². The Morgan fingerprint density at radius 2 is 1.04 bits per heavy atom. The number of nitrogens with zero attached hydrogens (tertiary/aromatic N) is 2. The van der Waals surface area contributed by atoms with Crippen LogP contribution in [0.3, 0.4) is 0 Å². The molecule has 0 atom stereocenters. The molecule has 1 radical (unpaired) electrons. The summed E-state index contributed by atoms with van der Waals surface area (Å²) in [6.07, 6.45) is 3.11. The summed E-state index contributed by atoms with van der Waals surface area (Å²) in [5, 5.41) is 22.8. The molecule has 147 valence electrons. The maximum Gasteiger partial charge on any atom is 0.673 e. The first kappa shape index (κ1) is 26.9. The summed E-state index contributed by atoms with van der Waals surface area (Å²) in [4.78, 5) is 8.28. The van der Waals surface area contributed by atoms with Crippen molar-refractivity contribution in [3.63, 3.8) is 0 Å². The number of rotatable bonds is 5. The molecule has 0 heterocycles. The van der Waals surface area contributed by atoms with E-state index in [1.807, 2.05) is 0 Å². The van der Waals surface area contributed by atoms with Crippen molar-refractivity contribution in [2.45, 2.75) is 0 Å². The van der Waals surface area contributed by atoms with E-state index in [9.17, 15) is 27.5 Å². The zero-order valence-corrected chi connectivity index (χ0v) is 15.2. The minimum absolute atomic E-state index is 0. The summed E-state index contributed by atoms with van der Waals surface area (Å²) in [5.74, 6) is -0.0833. The number of hydrogen-bond donors (Lipinski definition) is 0. The topological polar surface area (TPSA) is 99.3 Å². The average molecular weight is 420 g/mol. The first-order chi connectivity index (χ1) is 11.8. The van der Waals surface area contributed by atoms with Gasteiger partial charge in [-0.15, -0.1) is 11.5 Å². The van der Waals surface area contributed by atoms with Crippen molar-refractivity contribution in [2.75, 3.05) is 13.1 Å². The second-order valence-corrected chi connectivity index (χ2v) is 4.64. The molecule has 5 nitrogen and oxygen atoms in total. The van der Waals surface area contributed by atoms with Gasteiger partial charge in [-0.1, -0.05) is 48.5 Å². The van der Waals surface area contributed by atoms with Gasteiger partial charge in [0.25, 0.3) is 0 Å². The molecule has 0 aliphatic rings. The SMILES string of the molecule is F[B-](F)(F)F.[O-2].[O-]c1ccccc1C=NCCN=Cc1ccccc1[O-].[V]. The number of benzene rings is 2. The monoisotopic (exact) mass is 420 g/mol. The van der Waals surface area contributed by atoms with Gasteiger partial charge < -0.3 is 33.0 Å². The van der Waals surface area contributed by atoms with E-state index in [1.54, 1.807) is 48.8 Å². The van der Waals surface area contributed by atoms with Gasteiger partial charge in [-0.25, -0.2) is 0 Å². The summed E-state index contributed by atoms with van der Waals surface area (Å²) >= 11 is 0. The predicted molar refractivity (Wildman–Crippen MR) is 87.6 cm³/mol. The molecule has 0 N–H and O–H groups in total. The maximum absolute atomic E-state index is 11.4. The molecule has 0 amide bonds. The van der Waals surface area contributed by atoms with E-state index < -0.39 is 7.25 Å². The first-order valence-electron chi connectivity index (χ1n) is 7.16. The Labute approximate surface area is 165 Å². The van der Waals surface area contributed by atoms with Crippen LogP contribution in [0, 0.1) is 0 Å². The summed E-state index contributed by atoms with van der Waals surface area (Å²) in [5.41, 5.74) is 1.14. The van der Waals surface area contributed by atoms with Crippen molar-refractivity contribution in [3.05, 3.63) is 59.7 Å². The molecule has 11 heteroatoms. The van der Waals surface area contributed by atoms with E-state index in [0.717, 1.165) is 0 Å². The predicted octanol–water partition coefficient (Wildman–Crippen LogP) is 2.55. The smallest absolute Gasteiger partial charge is 0.673 e. The van der Waals surface area contributed by atoms with Crippen LogP contribution >= 0.6 is 0 Å². The van der Waals surface area contributed by atoms with Gasteiger partial charge in [-0.2, -0.15) is 0 Å². The van der Waals surface area contributed by atoms with E-state index in [4.69, 9.17) is 0 Å². The van der Waals surface area contributed by atoms with Crippen LogP contribution in [-0.2, 0) is 24.0 Å². The minimum Gasteiger partial charge on any atom is -2.00 e. The number of aliphatic imine (C=N–C) groups is 2. The molecule has 0 fully saturated rings. The fourth-order valence-electron chi connectivity index (χ4n) is 1.62. The molecule has 2 aromatic carbocycles. The third kappa shape index (κ3) is 13.6. The van der Waals surface area contributed by atoms with E-state index in [0.29, 0.717) is 24.2 Å². The molecular weight excluding hydrogens is 406 g/mol. The zero-order valence-electron chi connectivity index (χ0n) is 13.8. The van der Waals surface area contributed by atoms with E-state index in [2.05, 4.69) is 9.98 Å². The molecule has 0 aliphatic carbocycles. The molecule has 27 heavy (non-hydrogen) atoms. The van der Waals surface area contributed by atoms with Gasteiger partial charge in [-0.05, 0) is 11.1 Å². The molecular formula is C16H14BF4N2O3V-5. The Morgan fingerprint density at radius 3 is 1.33 bits per heavy atom. The second-order valence-electron chi connectivity index (χ2n) is 4.64. The number of halogens is 4. The zero-order chi connectivity index (χ0) is 18.7. The second kappa shape index (κ2) is 13.9. The normalized spacial score (nSPS) is 10.7. The van der Waals surface area contributed by atoms with Crippen molar-refractivity contribution in [3.8, 4) is 11.5 Å². The summed E-state index contributed by atoms with van der Waals surface area (Å²) in [6.45, 7) is 0.956. The van der Waals surface area contributed by atoms with Gasteiger partial charge in [0.05, 0.1) is 13.1 Å². The average Bonchev–Trinajstić information content (AvgIpc) is 2.52. The third-order valence-corrected chi connectivity index (χ3v) is 2.66. The minimum atomic E-state index is -6.00. The standard InChI is InChI=1S/C16H16N2O2.BF4.O.V/c19-15-7-3-1-5-13(15)11-17-9-10-18-12-14-6-2-4-8-16(14)20;2-1(3,4)5;;/h1-8,11-12,19-20H,9-10H2;;;/q;-1;-2;/p-2. The van der Waals surface area contributed by atoms with Crippen LogP contribution in [0.2, 0.25) is 0 Å². The van der Waals surface area contributed by atoms with E-state index >= 15 is 0 Å². The summed E-state index contributed by atoms with van der Waals surface area (Å²) in [7, 11) is -6.00. The van der Waals surface area contributed by atoms with Gasteiger partial charge in [0.2, 0.25) is 0 Å². The van der Waals surface area contributed by atoms with Crippen molar-refractivity contribution in [1.82, 2.24) is 0 Å². The van der Waals surface area contributed by atoms with Crippen LogP contribution in [0.15, 0.2) is 58.5 Å². The van der Waals surface area contributed by atoms with Crippen molar-refractivity contribution in [1.29, 1.82) is 0 Å². The fourth-order valence-corrected chi connectivity index (χ4v) is 1.62. The first-order valence-corrected chi connectivity index (χ1v) is 7.16. The molecule has 0 aliphatic heterocycles. The summed E-state index contributed by atoms with van der Waals surface area (Å²) < 4.78 is 39.0. The van der Waals surface area contributed by atoms with Crippen LogP contribution in [0.1, 0.15) is 11.1 Å².